The van der Waals surface area contributed by atoms with E-state index in [1.54, 1.807) is 6.92 Å². The number of carbonyl (C=O) groups is 1. The molecule has 1 heterocycles. The molecule has 7 heteroatoms. The second-order valence-corrected chi connectivity index (χ2v) is 8.52. The Balaban J connectivity index is 2.29. The van der Waals surface area contributed by atoms with Crippen molar-refractivity contribution >= 4 is 5.97 Å². The zero-order valence-corrected chi connectivity index (χ0v) is 19.1. The Morgan fingerprint density at radius 1 is 0.867 bits per heavy atom. The zero-order valence-electron chi connectivity index (χ0n) is 19.1. The van der Waals surface area contributed by atoms with Gasteiger partial charge in [-0.15, -0.1) is 0 Å². The quantitative estimate of drug-likeness (QED) is 0.253. The van der Waals surface area contributed by atoms with Gasteiger partial charge in [-0.1, -0.05) is 64.7 Å². The Hall–Kier alpha value is -0.730. The molecule has 0 aromatic heterocycles. The van der Waals surface area contributed by atoms with Crippen LogP contribution < -0.4 is 0 Å². The van der Waals surface area contributed by atoms with Crippen molar-refractivity contribution in [2.24, 2.45) is 0 Å². The topological polar surface area (TPSA) is 105 Å². The van der Waals surface area contributed by atoms with E-state index in [0.29, 0.717) is 6.42 Å². The molecule has 1 fully saturated rings. The molecule has 0 saturated carbocycles. The SMILES string of the molecule is CCCCC[C@@H](CCCCCCCCCC(=O)OC)O[C@@H]1O[C@@H](C)[C@H](O)[C@@H](O)[C@H]1O. The van der Waals surface area contributed by atoms with E-state index in [1.165, 1.54) is 7.11 Å². The third-order valence-electron chi connectivity index (χ3n) is 5.90. The van der Waals surface area contributed by atoms with Crippen molar-refractivity contribution in [2.45, 2.75) is 134 Å². The van der Waals surface area contributed by atoms with E-state index in [-0.39, 0.29) is 12.1 Å². The summed E-state index contributed by atoms with van der Waals surface area (Å²) in [6, 6.07) is 0. The van der Waals surface area contributed by atoms with Crippen LogP contribution in [0.15, 0.2) is 0 Å². The molecule has 0 spiro atoms. The van der Waals surface area contributed by atoms with Gasteiger partial charge in [-0.2, -0.15) is 0 Å². The molecule has 1 saturated heterocycles. The van der Waals surface area contributed by atoms with Gasteiger partial charge in [0.05, 0.1) is 19.3 Å². The predicted octanol–water partition coefficient (Wildman–Crippen LogP) is 3.46. The second-order valence-electron chi connectivity index (χ2n) is 8.52. The number of ether oxygens (including phenoxy) is 3. The Bertz CT molecular complexity index is 445. The summed E-state index contributed by atoms with van der Waals surface area (Å²) >= 11 is 0. The van der Waals surface area contributed by atoms with Crippen molar-refractivity contribution in [1.29, 1.82) is 0 Å². The molecule has 30 heavy (non-hydrogen) atoms. The molecule has 6 atom stereocenters. The Morgan fingerprint density at radius 3 is 2.03 bits per heavy atom. The van der Waals surface area contributed by atoms with Gasteiger partial charge in [0.15, 0.2) is 6.29 Å². The van der Waals surface area contributed by atoms with Gasteiger partial charge < -0.3 is 29.5 Å². The molecule has 0 amide bonds. The van der Waals surface area contributed by atoms with Gasteiger partial charge in [0.2, 0.25) is 0 Å². The minimum Gasteiger partial charge on any atom is -0.469 e. The van der Waals surface area contributed by atoms with Crippen LogP contribution in [0.25, 0.3) is 0 Å². The largest absolute Gasteiger partial charge is 0.469 e. The van der Waals surface area contributed by atoms with Gasteiger partial charge in [0.25, 0.3) is 0 Å². The monoisotopic (exact) mass is 432 g/mol. The lowest BCUT2D eigenvalue weighted by atomic mass is 9.99. The number of hydrogen-bond donors (Lipinski definition) is 3. The van der Waals surface area contributed by atoms with Gasteiger partial charge in [-0.3, -0.25) is 4.79 Å². The number of methoxy groups -OCH3 is 1. The fourth-order valence-electron chi connectivity index (χ4n) is 3.85. The fraction of sp³-hybridized carbons (Fsp3) is 0.957. The number of aliphatic hydroxyl groups is 3. The lowest BCUT2D eigenvalue weighted by Gasteiger charge is -2.40. The van der Waals surface area contributed by atoms with Crippen molar-refractivity contribution in [3.8, 4) is 0 Å². The van der Waals surface area contributed by atoms with E-state index < -0.39 is 30.7 Å². The highest BCUT2D eigenvalue weighted by Gasteiger charge is 2.43. The van der Waals surface area contributed by atoms with Crippen molar-refractivity contribution in [2.75, 3.05) is 7.11 Å². The first-order valence-corrected chi connectivity index (χ1v) is 11.8. The number of hydrogen-bond acceptors (Lipinski definition) is 7. The van der Waals surface area contributed by atoms with Crippen LogP contribution in [0.5, 0.6) is 0 Å². The standard InChI is InChI=1S/C23H44O7/c1-4-5-11-14-18(30-23-22(27)21(26)20(25)17(2)29-23)15-12-9-7-6-8-10-13-16-19(24)28-3/h17-18,20-23,25-27H,4-16H2,1-3H3/t17-,18-,20-,21+,22+,23-/m0/s1. The van der Waals surface area contributed by atoms with Crippen LogP contribution in [0.1, 0.15) is 97.3 Å². The number of carbonyl (C=O) groups excluding carboxylic acids is 1. The minimum absolute atomic E-state index is 0.0223. The number of rotatable bonds is 16. The lowest BCUT2D eigenvalue weighted by Crippen LogP contribution is -2.57. The molecule has 0 aromatic rings. The van der Waals surface area contributed by atoms with Crippen molar-refractivity contribution in [1.82, 2.24) is 0 Å². The summed E-state index contributed by atoms with van der Waals surface area (Å²) in [4.78, 5) is 11.1. The lowest BCUT2D eigenvalue weighted by molar-refractivity contribution is -0.305. The molecule has 3 N–H and O–H groups in total. The van der Waals surface area contributed by atoms with E-state index >= 15 is 0 Å². The van der Waals surface area contributed by atoms with Gasteiger partial charge in [-0.05, 0) is 26.2 Å². The highest BCUT2D eigenvalue weighted by molar-refractivity contribution is 5.68. The average Bonchev–Trinajstić information content (AvgIpc) is 2.74. The summed E-state index contributed by atoms with van der Waals surface area (Å²) in [5.74, 6) is -0.132. The third kappa shape index (κ3) is 10.5. The normalized spacial score (nSPS) is 27.7. The molecule has 7 nitrogen and oxygen atoms in total. The zero-order chi connectivity index (χ0) is 22.4. The van der Waals surface area contributed by atoms with E-state index in [2.05, 4.69) is 11.7 Å². The summed E-state index contributed by atoms with van der Waals surface area (Å²) in [5, 5.41) is 30.1. The first-order chi connectivity index (χ1) is 14.4. The van der Waals surface area contributed by atoms with E-state index in [9.17, 15) is 20.1 Å². The first kappa shape index (κ1) is 27.3. The van der Waals surface area contributed by atoms with Crippen LogP contribution >= 0.6 is 0 Å². The third-order valence-corrected chi connectivity index (χ3v) is 5.90. The Labute approximate surface area is 182 Å². The molecule has 0 unspecified atom stereocenters. The molecule has 0 aliphatic carbocycles. The first-order valence-electron chi connectivity index (χ1n) is 11.8. The molecule has 0 bridgehead atoms. The fourth-order valence-corrected chi connectivity index (χ4v) is 3.85. The molecule has 0 aromatic carbocycles. The maximum atomic E-state index is 11.1. The molecule has 1 aliphatic rings. The van der Waals surface area contributed by atoms with Crippen LogP contribution in [-0.4, -0.2) is 65.2 Å². The predicted molar refractivity (Wildman–Crippen MR) is 115 cm³/mol. The van der Waals surface area contributed by atoms with E-state index in [1.807, 2.05) is 0 Å². The van der Waals surface area contributed by atoms with Crippen molar-refractivity contribution in [3.05, 3.63) is 0 Å². The molecule has 178 valence electrons. The maximum Gasteiger partial charge on any atom is 0.305 e. The van der Waals surface area contributed by atoms with E-state index in [0.717, 1.165) is 77.0 Å². The van der Waals surface area contributed by atoms with Gasteiger partial charge >= 0.3 is 5.97 Å². The van der Waals surface area contributed by atoms with Gasteiger partial charge in [-0.25, -0.2) is 0 Å². The summed E-state index contributed by atoms with van der Waals surface area (Å²) in [7, 11) is 1.43. The summed E-state index contributed by atoms with van der Waals surface area (Å²) in [6.45, 7) is 3.84. The molecule has 0 radical (unpaired) electrons. The number of unbranched alkanes of at least 4 members (excludes halogenated alkanes) is 8. The maximum absolute atomic E-state index is 11.1. The van der Waals surface area contributed by atoms with Crippen LogP contribution in [0.3, 0.4) is 0 Å². The highest BCUT2D eigenvalue weighted by Crippen LogP contribution is 2.25. The van der Waals surface area contributed by atoms with Gasteiger partial charge in [0, 0.05) is 6.42 Å². The van der Waals surface area contributed by atoms with Crippen LogP contribution in [0.2, 0.25) is 0 Å². The van der Waals surface area contributed by atoms with Crippen LogP contribution in [0.4, 0.5) is 0 Å². The van der Waals surface area contributed by atoms with Gasteiger partial charge in [0.1, 0.15) is 18.3 Å². The summed E-state index contributed by atoms with van der Waals surface area (Å²) in [5.41, 5.74) is 0. The number of aliphatic hydroxyl groups excluding tert-OH is 3. The number of esters is 1. The average molecular weight is 433 g/mol. The summed E-state index contributed by atoms with van der Waals surface area (Å²) < 4.78 is 16.3. The Morgan fingerprint density at radius 2 is 1.43 bits per heavy atom. The van der Waals surface area contributed by atoms with E-state index in [4.69, 9.17) is 9.47 Å². The van der Waals surface area contributed by atoms with Crippen molar-refractivity contribution < 1.29 is 34.3 Å². The molecular weight excluding hydrogens is 388 g/mol. The molecule has 1 aliphatic heterocycles. The molecular formula is C23H44O7. The van der Waals surface area contributed by atoms with Crippen LogP contribution in [0, 0.1) is 0 Å². The minimum atomic E-state index is -1.26. The molecule has 1 rings (SSSR count). The Kier molecular flexibility index (Phi) is 14.5. The van der Waals surface area contributed by atoms with Crippen LogP contribution in [-0.2, 0) is 19.0 Å². The highest BCUT2D eigenvalue weighted by atomic mass is 16.7. The smallest absolute Gasteiger partial charge is 0.305 e. The second kappa shape index (κ2) is 16.0. The summed E-state index contributed by atoms with van der Waals surface area (Å²) in [6.07, 6.45) is 8.09. The van der Waals surface area contributed by atoms with Crippen molar-refractivity contribution in [3.63, 3.8) is 0 Å².